The summed E-state index contributed by atoms with van der Waals surface area (Å²) in [7, 11) is 0. The third-order valence-corrected chi connectivity index (χ3v) is 2.48. The zero-order valence-electron chi connectivity index (χ0n) is 5.74. The van der Waals surface area contributed by atoms with E-state index in [1.165, 1.54) is 10.5 Å². The molecule has 0 aliphatic carbocycles. The predicted octanol–water partition coefficient (Wildman–Crippen LogP) is 1.96. The van der Waals surface area contributed by atoms with E-state index in [4.69, 9.17) is 0 Å². The minimum absolute atomic E-state index is 1.02. The Balaban J connectivity index is 2.76. The van der Waals surface area contributed by atoms with Crippen molar-refractivity contribution in [3.05, 3.63) is 23.6 Å². The van der Waals surface area contributed by atoms with Crippen molar-refractivity contribution in [2.45, 2.75) is 13.3 Å². The number of imidazole rings is 1. The monoisotopic (exact) mass is 152 g/mol. The van der Waals surface area contributed by atoms with Crippen LogP contribution in [0.3, 0.4) is 0 Å². The van der Waals surface area contributed by atoms with Crippen LogP contribution in [0.5, 0.6) is 0 Å². The minimum atomic E-state index is 1.02. The largest absolute Gasteiger partial charge is 0.297 e. The van der Waals surface area contributed by atoms with Crippen LogP contribution < -0.4 is 0 Å². The van der Waals surface area contributed by atoms with Gasteiger partial charge in [0.1, 0.15) is 11.2 Å². The summed E-state index contributed by atoms with van der Waals surface area (Å²) >= 11 is 1.75. The van der Waals surface area contributed by atoms with Crippen LogP contribution in [0.1, 0.15) is 12.6 Å². The molecule has 10 heavy (non-hydrogen) atoms. The normalized spacial score (nSPS) is 10.9. The number of hydrogen-bond donors (Lipinski definition) is 0. The van der Waals surface area contributed by atoms with Gasteiger partial charge in [0.05, 0.1) is 5.69 Å². The van der Waals surface area contributed by atoms with Gasteiger partial charge in [-0.3, -0.25) is 4.40 Å². The molecular weight excluding hydrogens is 144 g/mol. The van der Waals surface area contributed by atoms with Crippen LogP contribution in [-0.4, -0.2) is 9.38 Å². The highest BCUT2D eigenvalue weighted by atomic mass is 32.1. The van der Waals surface area contributed by atoms with Crippen LogP contribution >= 0.6 is 11.3 Å². The second-order valence-corrected chi connectivity index (χ2v) is 3.05. The summed E-state index contributed by atoms with van der Waals surface area (Å²) in [5, 5.41) is 2.08. The highest BCUT2D eigenvalue weighted by Gasteiger charge is 2.00. The molecule has 0 aromatic carbocycles. The van der Waals surface area contributed by atoms with Crippen molar-refractivity contribution in [3.63, 3.8) is 0 Å². The van der Waals surface area contributed by atoms with E-state index >= 15 is 0 Å². The third kappa shape index (κ3) is 0.671. The van der Waals surface area contributed by atoms with Gasteiger partial charge in [0.15, 0.2) is 0 Å². The fourth-order valence-electron chi connectivity index (χ4n) is 1.03. The van der Waals surface area contributed by atoms with Gasteiger partial charge >= 0.3 is 0 Å². The Kier molecular flexibility index (Phi) is 1.24. The van der Waals surface area contributed by atoms with Crippen LogP contribution in [0.15, 0.2) is 17.9 Å². The maximum absolute atomic E-state index is 4.25. The van der Waals surface area contributed by atoms with Gasteiger partial charge in [0, 0.05) is 11.6 Å². The SMILES string of the molecule is CCc1ncn2ccsc12. The highest BCUT2D eigenvalue weighted by molar-refractivity contribution is 7.15. The van der Waals surface area contributed by atoms with E-state index in [9.17, 15) is 0 Å². The molecule has 2 nitrogen and oxygen atoms in total. The molecule has 0 aliphatic rings. The summed E-state index contributed by atoms with van der Waals surface area (Å²) in [6.07, 6.45) is 4.92. The smallest absolute Gasteiger partial charge is 0.122 e. The van der Waals surface area contributed by atoms with E-state index in [1.807, 2.05) is 12.5 Å². The fraction of sp³-hybridized carbons (Fsp3) is 0.286. The topological polar surface area (TPSA) is 17.3 Å². The lowest BCUT2D eigenvalue weighted by Gasteiger charge is -1.83. The van der Waals surface area contributed by atoms with Gasteiger partial charge in [-0.1, -0.05) is 6.92 Å². The zero-order valence-corrected chi connectivity index (χ0v) is 6.56. The quantitative estimate of drug-likeness (QED) is 0.610. The molecule has 2 heterocycles. The lowest BCUT2D eigenvalue weighted by Crippen LogP contribution is -1.76. The molecule has 2 rings (SSSR count). The molecule has 0 spiro atoms. The van der Waals surface area contributed by atoms with Gasteiger partial charge in [-0.2, -0.15) is 0 Å². The Morgan fingerprint density at radius 2 is 2.60 bits per heavy atom. The second-order valence-electron chi connectivity index (χ2n) is 2.16. The van der Waals surface area contributed by atoms with Crippen LogP contribution in [0.2, 0.25) is 0 Å². The average molecular weight is 152 g/mol. The summed E-state index contributed by atoms with van der Waals surface area (Å²) in [6, 6.07) is 0. The van der Waals surface area contributed by atoms with E-state index in [-0.39, 0.29) is 0 Å². The predicted molar refractivity (Wildman–Crippen MR) is 42.4 cm³/mol. The molecule has 2 aromatic heterocycles. The van der Waals surface area contributed by atoms with Crippen molar-refractivity contribution in [1.82, 2.24) is 9.38 Å². The van der Waals surface area contributed by atoms with Crippen LogP contribution in [0.25, 0.3) is 4.83 Å². The molecule has 0 N–H and O–H groups in total. The van der Waals surface area contributed by atoms with E-state index in [0.29, 0.717) is 0 Å². The zero-order chi connectivity index (χ0) is 6.97. The van der Waals surface area contributed by atoms with Crippen molar-refractivity contribution < 1.29 is 0 Å². The van der Waals surface area contributed by atoms with Gasteiger partial charge in [0.2, 0.25) is 0 Å². The number of aromatic nitrogens is 2. The number of rotatable bonds is 1. The molecule has 0 radical (unpaired) electrons. The molecule has 0 saturated heterocycles. The maximum atomic E-state index is 4.25. The lowest BCUT2D eigenvalue weighted by molar-refractivity contribution is 1.07. The van der Waals surface area contributed by atoms with Crippen molar-refractivity contribution in [1.29, 1.82) is 0 Å². The van der Waals surface area contributed by atoms with Crippen molar-refractivity contribution >= 4 is 16.2 Å². The van der Waals surface area contributed by atoms with Crippen molar-refractivity contribution in [2.75, 3.05) is 0 Å². The molecule has 0 aliphatic heterocycles. The molecule has 0 amide bonds. The molecule has 0 fully saturated rings. The van der Waals surface area contributed by atoms with Gasteiger partial charge in [0.25, 0.3) is 0 Å². The van der Waals surface area contributed by atoms with Gasteiger partial charge in [-0.05, 0) is 6.42 Å². The molecule has 3 heteroatoms. The number of hydrogen-bond acceptors (Lipinski definition) is 2. The molecule has 0 saturated carbocycles. The van der Waals surface area contributed by atoms with Crippen molar-refractivity contribution in [3.8, 4) is 0 Å². The van der Waals surface area contributed by atoms with E-state index < -0.39 is 0 Å². The first-order valence-electron chi connectivity index (χ1n) is 3.31. The van der Waals surface area contributed by atoms with Gasteiger partial charge < -0.3 is 0 Å². The average Bonchev–Trinajstić information content (AvgIpc) is 2.44. The summed E-state index contributed by atoms with van der Waals surface area (Å²) in [6.45, 7) is 2.13. The lowest BCUT2D eigenvalue weighted by atomic mass is 10.4. The summed E-state index contributed by atoms with van der Waals surface area (Å²) < 4.78 is 2.06. The molecule has 0 atom stereocenters. The number of aryl methyl sites for hydroxylation is 1. The standard InChI is InChI=1S/C7H8N2S/c1-2-6-7-9(5-8-6)3-4-10-7/h3-5H,2H2,1H3. The first kappa shape index (κ1) is 5.92. The van der Waals surface area contributed by atoms with Crippen molar-refractivity contribution in [2.24, 2.45) is 0 Å². The highest BCUT2D eigenvalue weighted by Crippen LogP contribution is 2.15. The Labute approximate surface area is 63.1 Å². The first-order valence-corrected chi connectivity index (χ1v) is 4.19. The van der Waals surface area contributed by atoms with E-state index in [2.05, 4.69) is 21.7 Å². The minimum Gasteiger partial charge on any atom is -0.297 e. The van der Waals surface area contributed by atoms with Gasteiger partial charge in [-0.15, -0.1) is 11.3 Å². The summed E-state index contributed by atoms with van der Waals surface area (Å²) in [5.41, 5.74) is 1.20. The number of fused-ring (bicyclic) bond motifs is 1. The molecule has 0 unspecified atom stereocenters. The molecule has 2 aromatic rings. The number of thiazole rings is 1. The van der Waals surface area contributed by atoms with E-state index in [0.717, 1.165) is 6.42 Å². The van der Waals surface area contributed by atoms with Gasteiger partial charge in [-0.25, -0.2) is 4.98 Å². The Morgan fingerprint density at radius 1 is 1.70 bits per heavy atom. The third-order valence-electron chi connectivity index (χ3n) is 1.56. The Bertz CT molecular complexity index is 334. The first-order chi connectivity index (χ1) is 4.92. The Hall–Kier alpha value is -0.830. The fourth-order valence-corrected chi connectivity index (χ4v) is 1.91. The van der Waals surface area contributed by atoms with Crippen LogP contribution in [-0.2, 0) is 6.42 Å². The molecular formula is C7H8N2S. The van der Waals surface area contributed by atoms with E-state index in [1.54, 1.807) is 11.3 Å². The second kappa shape index (κ2) is 2.09. The molecule has 0 bridgehead atoms. The maximum Gasteiger partial charge on any atom is 0.122 e. The number of nitrogens with zero attached hydrogens (tertiary/aromatic N) is 2. The molecule has 52 valence electrons. The van der Waals surface area contributed by atoms with Crippen LogP contribution in [0.4, 0.5) is 0 Å². The van der Waals surface area contributed by atoms with Crippen LogP contribution in [0, 0.1) is 0 Å². The summed E-state index contributed by atoms with van der Waals surface area (Å²) in [5.74, 6) is 0. The Morgan fingerprint density at radius 3 is 3.40 bits per heavy atom. The summed E-state index contributed by atoms with van der Waals surface area (Å²) in [4.78, 5) is 5.53.